The van der Waals surface area contributed by atoms with Gasteiger partial charge in [0.25, 0.3) is 0 Å². The van der Waals surface area contributed by atoms with E-state index >= 15 is 0 Å². The van der Waals surface area contributed by atoms with Gasteiger partial charge in [-0.15, -0.1) is 0 Å². The van der Waals surface area contributed by atoms with Gasteiger partial charge < -0.3 is 9.47 Å². The molecular weight excluding hydrogens is 356 g/mol. The number of rotatable bonds is 8. The molecular formula is C18H24F4O4. The van der Waals surface area contributed by atoms with Gasteiger partial charge in [-0.3, -0.25) is 9.59 Å². The average molecular weight is 380 g/mol. The van der Waals surface area contributed by atoms with E-state index in [1.165, 1.54) is 19.3 Å². The third kappa shape index (κ3) is 4.49. The smallest absolute Gasteiger partial charge is 0.340 e. The van der Waals surface area contributed by atoms with E-state index in [2.05, 4.69) is 4.74 Å². The lowest BCUT2D eigenvalue weighted by Gasteiger charge is -2.56. The highest BCUT2D eigenvalue weighted by atomic mass is 19.3. The Morgan fingerprint density at radius 3 is 1.85 bits per heavy atom. The van der Waals surface area contributed by atoms with Gasteiger partial charge in [0.2, 0.25) is 0 Å². The minimum Gasteiger partial charge on any atom is -0.465 e. The summed E-state index contributed by atoms with van der Waals surface area (Å²) >= 11 is 0. The molecule has 0 aromatic rings. The average Bonchev–Trinajstić information content (AvgIpc) is 2.55. The second kappa shape index (κ2) is 7.35. The molecule has 0 aromatic carbocycles. The molecule has 4 rings (SSSR count). The van der Waals surface area contributed by atoms with Crippen LogP contribution in [0, 0.1) is 23.2 Å². The van der Waals surface area contributed by atoms with Gasteiger partial charge in [0.1, 0.15) is 0 Å². The third-order valence-electron chi connectivity index (χ3n) is 5.98. The number of hydrogen-bond acceptors (Lipinski definition) is 4. The molecule has 148 valence electrons. The molecule has 0 radical (unpaired) electrons. The van der Waals surface area contributed by atoms with E-state index in [0.717, 1.165) is 37.0 Å². The predicted molar refractivity (Wildman–Crippen MR) is 82.7 cm³/mol. The van der Waals surface area contributed by atoms with Gasteiger partial charge in [0.05, 0.1) is 19.4 Å². The maximum absolute atomic E-state index is 12.7. The van der Waals surface area contributed by atoms with Crippen molar-refractivity contribution in [3.63, 3.8) is 0 Å². The Hall–Kier alpha value is -1.34. The van der Waals surface area contributed by atoms with Crippen molar-refractivity contribution < 1.29 is 36.6 Å². The first-order valence-corrected chi connectivity index (χ1v) is 9.15. The molecule has 0 spiro atoms. The molecule has 0 unspecified atom stereocenters. The first-order chi connectivity index (χ1) is 12.2. The Kier molecular flexibility index (Phi) is 5.49. The van der Waals surface area contributed by atoms with Crippen molar-refractivity contribution in [2.75, 3.05) is 13.2 Å². The standard InChI is InChI=1S/C18H24F4O4/c19-16(20)18(21,22)10-26-15(24)2-1-14(23)25-9-17-6-11-3-12(7-17)5-13(4-11)8-17/h11-13,16H,1-10H2. The van der Waals surface area contributed by atoms with Gasteiger partial charge in [0, 0.05) is 5.41 Å². The molecule has 4 saturated carbocycles. The van der Waals surface area contributed by atoms with Gasteiger partial charge in [-0.05, 0) is 56.3 Å². The van der Waals surface area contributed by atoms with E-state index < -0.39 is 37.3 Å². The van der Waals surface area contributed by atoms with Crippen LogP contribution in [0.3, 0.4) is 0 Å². The molecule has 0 amide bonds. The van der Waals surface area contributed by atoms with E-state index in [1.807, 2.05) is 0 Å². The summed E-state index contributed by atoms with van der Waals surface area (Å²) in [5.74, 6) is -3.89. The van der Waals surface area contributed by atoms with Crippen LogP contribution in [0.15, 0.2) is 0 Å². The molecule has 0 N–H and O–H groups in total. The Balaban J connectivity index is 1.36. The summed E-state index contributed by atoms with van der Waals surface area (Å²) in [7, 11) is 0. The Bertz CT molecular complexity index is 514. The molecule has 0 atom stereocenters. The molecule has 0 saturated heterocycles. The van der Waals surface area contributed by atoms with Crippen molar-refractivity contribution in [1.29, 1.82) is 0 Å². The molecule has 0 aliphatic heterocycles. The van der Waals surface area contributed by atoms with Crippen LogP contribution in [-0.4, -0.2) is 37.5 Å². The molecule has 0 heterocycles. The van der Waals surface area contributed by atoms with Crippen LogP contribution < -0.4 is 0 Å². The molecule has 4 nitrogen and oxygen atoms in total. The van der Waals surface area contributed by atoms with Crippen LogP contribution in [0.2, 0.25) is 0 Å². The van der Waals surface area contributed by atoms with Crippen molar-refractivity contribution in [3.05, 3.63) is 0 Å². The van der Waals surface area contributed by atoms with Crippen LogP contribution in [0.1, 0.15) is 51.4 Å². The molecule has 4 fully saturated rings. The first-order valence-electron chi connectivity index (χ1n) is 9.15. The summed E-state index contributed by atoms with van der Waals surface area (Å²) in [5.41, 5.74) is 0.0598. The van der Waals surface area contributed by atoms with Crippen molar-refractivity contribution in [2.45, 2.75) is 63.7 Å². The van der Waals surface area contributed by atoms with Crippen molar-refractivity contribution in [1.82, 2.24) is 0 Å². The van der Waals surface area contributed by atoms with Gasteiger partial charge in [0.15, 0.2) is 6.61 Å². The lowest BCUT2D eigenvalue weighted by molar-refractivity contribution is -0.180. The molecule has 8 heteroatoms. The van der Waals surface area contributed by atoms with Crippen molar-refractivity contribution in [2.24, 2.45) is 23.2 Å². The van der Waals surface area contributed by atoms with Gasteiger partial charge in [-0.2, -0.15) is 8.78 Å². The zero-order valence-corrected chi connectivity index (χ0v) is 14.5. The number of ether oxygens (including phenoxy) is 2. The van der Waals surface area contributed by atoms with Gasteiger partial charge in [-0.1, -0.05) is 0 Å². The summed E-state index contributed by atoms with van der Waals surface area (Å²) in [6.07, 6.45) is 2.42. The maximum Gasteiger partial charge on any atom is 0.340 e. The summed E-state index contributed by atoms with van der Waals surface area (Å²) in [4.78, 5) is 23.2. The van der Waals surface area contributed by atoms with E-state index in [9.17, 15) is 27.2 Å². The second-order valence-electron chi connectivity index (χ2n) is 8.30. The molecule has 0 aromatic heterocycles. The second-order valence-corrected chi connectivity index (χ2v) is 8.30. The van der Waals surface area contributed by atoms with Crippen LogP contribution >= 0.6 is 0 Å². The Labute approximate surface area is 149 Å². The Morgan fingerprint density at radius 2 is 1.38 bits per heavy atom. The van der Waals surface area contributed by atoms with Crippen LogP contribution in [0.25, 0.3) is 0 Å². The zero-order valence-electron chi connectivity index (χ0n) is 14.5. The predicted octanol–water partition coefficient (Wildman–Crippen LogP) is 3.97. The lowest BCUT2D eigenvalue weighted by atomic mass is 9.50. The molecule has 4 aliphatic rings. The first kappa shape index (κ1) is 19.4. The fourth-order valence-electron chi connectivity index (χ4n) is 5.29. The normalized spacial score (nSPS) is 32.7. The minimum atomic E-state index is -4.38. The highest BCUT2D eigenvalue weighted by Crippen LogP contribution is 2.60. The topological polar surface area (TPSA) is 52.6 Å². The number of carbonyl (C=O) groups is 2. The quantitative estimate of drug-likeness (QED) is 0.472. The van der Waals surface area contributed by atoms with Gasteiger partial charge in [-0.25, -0.2) is 8.78 Å². The van der Waals surface area contributed by atoms with Crippen LogP contribution in [0.5, 0.6) is 0 Å². The largest absolute Gasteiger partial charge is 0.465 e. The SMILES string of the molecule is O=C(CCC(=O)OCC(F)(F)C(F)F)OCC12CC3CC(CC(C3)C1)C2. The number of esters is 2. The highest BCUT2D eigenvalue weighted by Gasteiger charge is 2.51. The molecule has 26 heavy (non-hydrogen) atoms. The summed E-state index contributed by atoms with van der Waals surface area (Å²) in [5, 5.41) is 0. The van der Waals surface area contributed by atoms with Gasteiger partial charge >= 0.3 is 24.3 Å². The monoisotopic (exact) mass is 380 g/mol. The lowest BCUT2D eigenvalue weighted by Crippen LogP contribution is -2.48. The fourth-order valence-corrected chi connectivity index (χ4v) is 5.29. The van der Waals surface area contributed by atoms with E-state index in [1.54, 1.807) is 0 Å². The zero-order chi connectivity index (χ0) is 18.9. The van der Waals surface area contributed by atoms with Crippen molar-refractivity contribution in [3.8, 4) is 0 Å². The third-order valence-corrected chi connectivity index (χ3v) is 5.98. The van der Waals surface area contributed by atoms with Crippen molar-refractivity contribution >= 4 is 11.9 Å². The highest BCUT2D eigenvalue weighted by molar-refractivity contribution is 5.77. The van der Waals surface area contributed by atoms with E-state index in [0.29, 0.717) is 6.61 Å². The summed E-state index contributed by atoms with van der Waals surface area (Å²) in [6.45, 7) is -1.35. The number of hydrogen-bond donors (Lipinski definition) is 0. The summed E-state index contributed by atoms with van der Waals surface area (Å²) in [6, 6.07) is 0. The minimum absolute atomic E-state index is 0.0598. The number of alkyl halides is 4. The van der Waals surface area contributed by atoms with Crippen LogP contribution in [-0.2, 0) is 19.1 Å². The van der Waals surface area contributed by atoms with E-state index in [-0.39, 0.29) is 11.8 Å². The Morgan fingerprint density at radius 1 is 0.923 bits per heavy atom. The van der Waals surface area contributed by atoms with E-state index in [4.69, 9.17) is 4.74 Å². The molecule has 4 aliphatic carbocycles. The fraction of sp³-hybridized carbons (Fsp3) is 0.889. The molecule has 4 bridgehead atoms. The number of carbonyl (C=O) groups excluding carboxylic acids is 2. The number of halogens is 4. The van der Waals surface area contributed by atoms with Crippen LogP contribution in [0.4, 0.5) is 17.6 Å². The summed E-state index contributed by atoms with van der Waals surface area (Å²) < 4.78 is 58.7. The maximum atomic E-state index is 12.7.